The fourth-order valence-electron chi connectivity index (χ4n) is 2.74. The summed E-state index contributed by atoms with van der Waals surface area (Å²) in [6.45, 7) is 11.6. The third kappa shape index (κ3) is 6.89. The minimum Gasteiger partial charge on any atom is -0.379 e. The quantitative estimate of drug-likeness (QED) is 0.436. The average molecular weight is 332 g/mol. The van der Waals surface area contributed by atoms with E-state index >= 15 is 0 Å². The predicted molar refractivity (Wildman–Crippen MR) is 100 cm³/mol. The van der Waals surface area contributed by atoms with Gasteiger partial charge in [0.15, 0.2) is 5.96 Å². The summed E-state index contributed by atoms with van der Waals surface area (Å²) < 4.78 is 5.42. The van der Waals surface area contributed by atoms with E-state index < -0.39 is 0 Å². The van der Waals surface area contributed by atoms with Crippen molar-refractivity contribution in [2.24, 2.45) is 4.99 Å². The molecule has 1 aromatic rings. The molecule has 1 aromatic carbocycles. The number of hydrogen-bond donors (Lipinski definition) is 2. The Morgan fingerprint density at radius 1 is 1.17 bits per heavy atom. The molecule has 1 aliphatic rings. The van der Waals surface area contributed by atoms with Crippen LogP contribution < -0.4 is 10.6 Å². The number of aliphatic imine (C=N–C) groups is 1. The van der Waals surface area contributed by atoms with E-state index in [0.717, 1.165) is 51.9 Å². The van der Waals surface area contributed by atoms with Crippen molar-refractivity contribution in [3.05, 3.63) is 35.4 Å². The van der Waals surface area contributed by atoms with Gasteiger partial charge in [-0.15, -0.1) is 0 Å². The number of unbranched alkanes of at least 4 members (excludes halogenated alkanes) is 1. The lowest BCUT2D eigenvalue weighted by molar-refractivity contribution is 0.0342. The first kappa shape index (κ1) is 18.7. The van der Waals surface area contributed by atoms with Crippen LogP contribution in [0.1, 0.15) is 37.8 Å². The van der Waals surface area contributed by atoms with Crippen molar-refractivity contribution in [2.45, 2.75) is 39.8 Å². The van der Waals surface area contributed by atoms with Gasteiger partial charge in [-0.25, -0.2) is 4.99 Å². The summed E-state index contributed by atoms with van der Waals surface area (Å²) in [5, 5.41) is 6.70. The molecule has 1 heterocycles. The van der Waals surface area contributed by atoms with Crippen LogP contribution in [-0.4, -0.2) is 50.3 Å². The van der Waals surface area contributed by atoms with Gasteiger partial charge in [-0.05, 0) is 24.5 Å². The molecule has 0 aromatic heterocycles. The molecule has 1 fully saturated rings. The smallest absolute Gasteiger partial charge is 0.191 e. The monoisotopic (exact) mass is 332 g/mol. The number of nitrogens with zero attached hydrogens (tertiary/aromatic N) is 2. The predicted octanol–water partition coefficient (Wildman–Crippen LogP) is 2.37. The van der Waals surface area contributed by atoms with E-state index in [9.17, 15) is 0 Å². The zero-order valence-corrected chi connectivity index (χ0v) is 15.2. The van der Waals surface area contributed by atoms with Crippen LogP contribution in [0.15, 0.2) is 29.3 Å². The van der Waals surface area contributed by atoms with Crippen molar-refractivity contribution in [3.8, 4) is 0 Å². The standard InChI is InChI=1S/C19H32N4O/c1-3-5-9-21-19(20-4-2)22-15-17-7-6-8-18(14-17)16-23-10-12-24-13-11-23/h6-8,14H,3-5,9-13,15-16H2,1-2H3,(H2,20,21,22). The Morgan fingerprint density at radius 3 is 2.71 bits per heavy atom. The second kappa shape index (κ2) is 11.0. The van der Waals surface area contributed by atoms with E-state index in [-0.39, 0.29) is 0 Å². The average Bonchev–Trinajstić information content (AvgIpc) is 2.61. The maximum absolute atomic E-state index is 5.42. The first-order valence-corrected chi connectivity index (χ1v) is 9.22. The maximum atomic E-state index is 5.42. The zero-order valence-electron chi connectivity index (χ0n) is 15.2. The Labute approximate surface area is 146 Å². The maximum Gasteiger partial charge on any atom is 0.191 e. The normalized spacial score (nSPS) is 16.2. The van der Waals surface area contributed by atoms with E-state index in [4.69, 9.17) is 9.73 Å². The van der Waals surface area contributed by atoms with Crippen molar-refractivity contribution in [2.75, 3.05) is 39.4 Å². The molecular formula is C19H32N4O. The van der Waals surface area contributed by atoms with Crippen LogP contribution in [0.5, 0.6) is 0 Å². The van der Waals surface area contributed by atoms with E-state index in [1.54, 1.807) is 0 Å². The molecule has 0 atom stereocenters. The van der Waals surface area contributed by atoms with Crippen molar-refractivity contribution in [1.29, 1.82) is 0 Å². The number of rotatable bonds is 8. The third-order valence-corrected chi connectivity index (χ3v) is 4.09. The van der Waals surface area contributed by atoms with Gasteiger partial charge in [-0.2, -0.15) is 0 Å². The number of hydrogen-bond acceptors (Lipinski definition) is 3. The molecule has 0 unspecified atom stereocenters. The number of ether oxygens (including phenoxy) is 1. The van der Waals surface area contributed by atoms with Crippen LogP contribution in [-0.2, 0) is 17.8 Å². The largest absolute Gasteiger partial charge is 0.379 e. The highest BCUT2D eigenvalue weighted by Gasteiger charge is 2.10. The Morgan fingerprint density at radius 2 is 1.96 bits per heavy atom. The van der Waals surface area contributed by atoms with Gasteiger partial charge in [0.25, 0.3) is 0 Å². The highest BCUT2D eigenvalue weighted by Crippen LogP contribution is 2.10. The van der Waals surface area contributed by atoms with E-state index in [2.05, 4.69) is 53.6 Å². The summed E-state index contributed by atoms with van der Waals surface area (Å²) in [5.41, 5.74) is 2.61. The summed E-state index contributed by atoms with van der Waals surface area (Å²) >= 11 is 0. The van der Waals surface area contributed by atoms with Gasteiger partial charge in [-0.1, -0.05) is 37.6 Å². The van der Waals surface area contributed by atoms with Crippen LogP contribution >= 0.6 is 0 Å². The number of morpholine rings is 1. The molecule has 5 heteroatoms. The fraction of sp³-hybridized carbons (Fsp3) is 0.632. The summed E-state index contributed by atoms with van der Waals surface area (Å²) in [6, 6.07) is 8.77. The summed E-state index contributed by atoms with van der Waals surface area (Å²) in [4.78, 5) is 7.15. The van der Waals surface area contributed by atoms with E-state index in [1.165, 1.54) is 24.0 Å². The molecule has 0 bridgehead atoms. The molecule has 1 saturated heterocycles. The third-order valence-electron chi connectivity index (χ3n) is 4.09. The summed E-state index contributed by atoms with van der Waals surface area (Å²) in [5.74, 6) is 0.907. The van der Waals surface area contributed by atoms with Gasteiger partial charge < -0.3 is 15.4 Å². The highest BCUT2D eigenvalue weighted by molar-refractivity contribution is 5.79. The van der Waals surface area contributed by atoms with Crippen LogP contribution in [0.3, 0.4) is 0 Å². The van der Waals surface area contributed by atoms with Crippen molar-refractivity contribution in [3.63, 3.8) is 0 Å². The summed E-state index contributed by atoms with van der Waals surface area (Å²) in [7, 11) is 0. The molecule has 1 aliphatic heterocycles. The molecule has 2 N–H and O–H groups in total. The Hall–Kier alpha value is -1.59. The highest BCUT2D eigenvalue weighted by atomic mass is 16.5. The van der Waals surface area contributed by atoms with Gasteiger partial charge in [-0.3, -0.25) is 4.90 Å². The fourth-order valence-corrected chi connectivity index (χ4v) is 2.74. The van der Waals surface area contributed by atoms with Crippen LogP contribution in [0.2, 0.25) is 0 Å². The van der Waals surface area contributed by atoms with Gasteiger partial charge in [0.2, 0.25) is 0 Å². The van der Waals surface area contributed by atoms with Gasteiger partial charge in [0.1, 0.15) is 0 Å². The minimum atomic E-state index is 0.707. The molecule has 134 valence electrons. The molecule has 0 radical (unpaired) electrons. The second-order valence-electron chi connectivity index (χ2n) is 6.18. The molecular weight excluding hydrogens is 300 g/mol. The van der Waals surface area contributed by atoms with Crippen LogP contribution in [0, 0.1) is 0 Å². The molecule has 0 aliphatic carbocycles. The number of benzene rings is 1. The van der Waals surface area contributed by atoms with E-state index in [0.29, 0.717) is 6.54 Å². The van der Waals surface area contributed by atoms with E-state index in [1.807, 2.05) is 0 Å². The first-order valence-electron chi connectivity index (χ1n) is 9.22. The number of nitrogens with one attached hydrogen (secondary N) is 2. The molecule has 5 nitrogen and oxygen atoms in total. The zero-order chi connectivity index (χ0) is 17.0. The van der Waals surface area contributed by atoms with Gasteiger partial charge in [0, 0.05) is 32.7 Å². The molecule has 2 rings (SSSR count). The minimum absolute atomic E-state index is 0.707. The lowest BCUT2D eigenvalue weighted by Crippen LogP contribution is -2.37. The Bertz CT molecular complexity index is 498. The Balaban J connectivity index is 1.90. The molecule has 0 amide bonds. The molecule has 24 heavy (non-hydrogen) atoms. The van der Waals surface area contributed by atoms with Gasteiger partial charge >= 0.3 is 0 Å². The SMILES string of the molecule is CCCCNC(=NCc1cccc(CN2CCOCC2)c1)NCC. The van der Waals surface area contributed by atoms with Gasteiger partial charge in [0.05, 0.1) is 19.8 Å². The van der Waals surface area contributed by atoms with Crippen LogP contribution in [0.4, 0.5) is 0 Å². The summed E-state index contributed by atoms with van der Waals surface area (Å²) in [6.07, 6.45) is 2.36. The first-order chi connectivity index (χ1) is 11.8. The molecule has 0 saturated carbocycles. The lowest BCUT2D eigenvalue weighted by Gasteiger charge is -2.26. The lowest BCUT2D eigenvalue weighted by atomic mass is 10.1. The topological polar surface area (TPSA) is 48.9 Å². The molecule has 0 spiro atoms. The van der Waals surface area contributed by atoms with Crippen molar-refractivity contribution < 1.29 is 4.74 Å². The van der Waals surface area contributed by atoms with Crippen molar-refractivity contribution >= 4 is 5.96 Å². The van der Waals surface area contributed by atoms with Crippen LogP contribution in [0.25, 0.3) is 0 Å². The Kier molecular flexibility index (Phi) is 8.63. The number of guanidine groups is 1. The van der Waals surface area contributed by atoms with Crippen molar-refractivity contribution in [1.82, 2.24) is 15.5 Å². The second-order valence-corrected chi connectivity index (χ2v) is 6.18.